The molecular formula is C8H5F3IN3O2S. The zero-order valence-electron chi connectivity index (χ0n) is 8.40. The molecule has 0 radical (unpaired) electrons. The molecular weight excluding hydrogens is 386 g/mol. The number of nitrogen functional groups attached to an aromatic ring is 1. The lowest BCUT2D eigenvalue weighted by atomic mass is 10.4. The quantitative estimate of drug-likeness (QED) is 0.674. The molecule has 0 unspecified atom stereocenters. The molecule has 2 aromatic heterocycles. The van der Waals surface area contributed by atoms with Gasteiger partial charge in [0, 0.05) is 5.38 Å². The van der Waals surface area contributed by atoms with Gasteiger partial charge in [-0.05, 0) is 22.6 Å². The van der Waals surface area contributed by atoms with Crippen molar-refractivity contribution in [2.45, 2.75) is 6.18 Å². The van der Waals surface area contributed by atoms with Crippen molar-refractivity contribution >= 4 is 55.9 Å². The lowest BCUT2D eigenvalue weighted by Gasteiger charge is -1.93. The van der Waals surface area contributed by atoms with Gasteiger partial charge >= 0.3 is 12.1 Å². The Balaban J connectivity index is 0.000000203. The van der Waals surface area contributed by atoms with E-state index in [4.69, 9.17) is 15.6 Å². The van der Waals surface area contributed by atoms with Gasteiger partial charge < -0.3 is 10.8 Å². The number of rotatable bonds is 0. The molecule has 0 aliphatic heterocycles. The van der Waals surface area contributed by atoms with Gasteiger partial charge in [0.2, 0.25) is 0 Å². The Morgan fingerprint density at radius 3 is 2.44 bits per heavy atom. The Morgan fingerprint density at radius 2 is 2.00 bits per heavy atom. The lowest BCUT2D eigenvalue weighted by Crippen LogP contribution is -2.21. The number of halogens is 4. The molecule has 2 heterocycles. The number of aliphatic carboxylic acids is 1. The second-order valence-electron chi connectivity index (χ2n) is 2.82. The van der Waals surface area contributed by atoms with Crippen molar-refractivity contribution in [3.05, 3.63) is 15.3 Å². The number of fused-ring (bicyclic) bond motifs is 1. The molecule has 0 saturated carbocycles. The van der Waals surface area contributed by atoms with E-state index in [9.17, 15) is 13.2 Å². The first-order valence-corrected chi connectivity index (χ1v) is 6.12. The maximum Gasteiger partial charge on any atom is 0.490 e. The average molecular weight is 391 g/mol. The molecule has 18 heavy (non-hydrogen) atoms. The number of alkyl halides is 3. The SMILES string of the molecule is Nc1ncnc2c(I)csc12.O=C(O)C(F)(F)F. The number of carboxylic acid groups (broad SMARTS) is 1. The first kappa shape index (κ1) is 14.9. The molecule has 0 amide bonds. The summed E-state index contributed by atoms with van der Waals surface area (Å²) >= 11 is 3.82. The predicted molar refractivity (Wildman–Crippen MR) is 68.2 cm³/mol. The van der Waals surface area contributed by atoms with E-state index in [1.54, 1.807) is 11.3 Å². The highest BCUT2D eigenvalue weighted by Crippen LogP contribution is 2.27. The third kappa shape index (κ3) is 3.66. The Morgan fingerprint density at radius 1 is 1.44 bits per heavy atom. The number of carboxylic acids is 1. The zero-order chi connectivity index (χ0) is 13.9. The van der Waals surface area contributed by atoms with Crippen molar-refractivity contribution in [2.75, 3.05) is 5.73 Å². The molecule has 98 valence electrons. The Hall–Kier alpha value is -1.17. The van der Waals surface area contributed by atoms with Gasteiger partial charge in [-0.1, -0.05) is 0 Å². The highest BCUT2D eigenvalue weighted by Gasteiger charge is 2.38. The number of nitrogens with zero attached hydrogens (tertiary/aromatic N) is 2. The number of aromatic nitrogens is 2. The van der Waals surface area contributed by atoms with Gasteiger partial charge in [-0.2, -0.15) is 13.2 Å². The normalized spacial score (nSPS) is 10.9. The van der Waals surface area contributed by atoms with E-state index in [0.29, 0.717) is 5.82 Å². The van der Waals surface area contributed by atoms with Crippen LogP contribution in [0.25, 0.3) is 10.2 Å². The van der Waals surface area contributed by atoms with Crippen molar-refractivity contribution in [1.29, 1.82) is 0 Å². The molecule has 2 aromatic rings. The monoisotopic (exact) mass is 391 g/mol. The van der Waals surface area contributed by atoms with Crippen LogP contribution in [0.5, 0.6) is 0 Å². The molecule has 2 rings (SSSR count). The molecule has 10 heteroatoms. The van der Waals surface area contributed by atoms with Crippen LogP contribution in [0.4, 0.5) is 19.0 Å². The molecule has 5 nitrogen and oxygen atoms in total. The van der Waals surface area contributed by atoms with Gasteiger partial charge in [-0.25, -0.2) is 14.8 Å². The fourth-order valence-corrected chi connectivity index (χ4v) is 2.59. The summed E-state index contributed by atoms with van der Waals surface area (Å²) in [4.78, 5) is 16.9. The minimum absolute atomic E-state index is 0.572. The summed E-state index contributed by atoms with van der Waals surface area (Å²) in [6, 6.07) is 0. The van der Waals surface area contributed by atoms with Crippen LogP contribution in [0.1, 0.15) is 0 Å². The van der Waals surface area contributed by atoms with Crippen molar-refractivity contribution in [1.82, 2.24) is 9.97 Å². The van der Waals surface area contributed by atoms with Crippen LogP contribution in [0.2, 0.25) is 0 Å². The fourth-order valence-electron chi connectivity index (χ4n) is 0.840. The number of nitrogens with two attached hydrogens (primary N) is 1. The van der Waals surface area contributed by atoms with E-state index in [1.807, 2.05) is 5.38 Å². The standard InChI is InChI=1S/C6H4IN3S.C2HF3O2/c7-3-1-11-5-4(3)9-2-10-6(5)8;3-2(4,5)1(6)7/h1-2H,(H2,8,9,10);(H,6,7). The summed E-state index contributed by atoms with van der Waals surface area (Å²) in [6.07, 6.45) is -3.59. The molecule has 3 N–H and O–H groups in total. The maximum absolute atomic E-state index is 10.6. The second kappa shape index (κ2) is 5.65. The third-order valence-corrected chi connectivity index (χ3v) is 3.82. The van der Waals surface area contributed by atoms with Crippen LogP contribution in [0.3, 0.4) is 0 Å². The van der Waals surface area contributed by atoms with E-state index in [1.165, 1.54) is 6.33 Å². The van der Waals surface area contributed by atoms with Crippen molar-refractivity contribution < 1.29 is 23.1 Å². The first-order chi connectivity index (χ1) is 8.23. The Kier molecular flexibility index (Phi) is 4.67. The van der Waals surface area contributed by atoms with E-state index in [0.717, 1.165) is 13.8 Å². The summed E-state index contributed by atoms with van der Waals surface area (Å²) in [7, 11) is 0. The summed E-state index contributed by atoms with van der Waals surface area (Å²) in [5.74, 6) is -2.18. The van der Waals surface area contributed by atoms with Crippen LogP contribution in [-0.4, -0.2) is 27.2 Å². The first-order valence-electron chi connectivity index (χ1n) is 4.16. The van der Waals surface area contributed by atoms with E-state index in [2.05, 4.69) is 32.6 Å². The van der Waals surface area contributed by atoms with E-state index >= 15 is 0 Å². The fraction of sp³-hybridized carbons (Fsp3) is 0.125. The van der Waals surface area contributed by atoms with Crippen LogP contribution in [0, 0.1) is 3.57 Å². The van der Waals surface area contributed by atoms with Crippen molar-refractivity contribution in [3.63, 3.8) is 0 Å². The van der Waals surface area contributed by atoms with Crippen LogP contribution < -0.4 is 5.73 Å². The minimum atomic E-state index is -5.08. The zero-order valence-corrected chi connectivity index (χ0v) is 11.4. The van der Waals surface area contributed by atoms with Gasteiger partial charge in [0.05, 0.1) is 13.8 Å². The van der Waals surface area contributed by atoms with E-state index in [-0.39, 0.29) is 0 Å². The Bertz CT molecular complexity index is 572. The molecule has 0 aliphatic rings. The number of carbonyl (C=O) groups is 1. The summed E-state index contributed by atoms with van der Waals surface area (Å²) in [5.41, 5.74) is 6.59. The van der Waals surface area contributed by atoms with Gasteiger partial charge in [0.1, 0.15) is 12.1 Å². The minimum Gasteiger partial charge on any atom is -0.475 e. The topological polar surface area (TPSA) is 89.1 Å². The van der Waals surface area contributed by atoms with E-state index < -0.39 is 12.1 Å². The summed E-state index contributed by atoms with van der Waals surface area (Å²) in [6.45, 7) is 0. The summed E-state index contributed by atoms with van der Waals surface area (Å²) < 4.78 is 33.9. The van der Waals surface area contributed by atoms with Crippen LogP contribution >= 0.6 is 33.9 Å². The van der Waals surface area contributed by atoms with Gasteiger partial charge in [-0.3, -0.25) is 0 Å². The average Bonchev–Trinajstić information content (AvgIpc) is 2.62. The molecule has 0 fully saturated rings. The smallest absolute Gasteiger partial charge is 0.475 e. The maximum atomic E-state index is 10.6. The number of anilines is 1. The second-order valence-corrected chi connectivity index (χ2v) is 4.87. The van der Waals surface area contributed by atoms with Gasteiger partial charge in [0.25, 0.3) is 0 Å². The highest BCUT2D eigenvalue weighted by molar-refractivity contribution is 14.1. The van der Waals surface area contributed by atoms with Crippen molar-refractivity contribution in [3.8, 4) is 0 Å². The number of hydrogen-bond donors (Lipinski definition) is 2. The van der Waals surface area contributed by atoms with Crippen molar-refractivity contribution in [2.24, 2.45) is 0 Å². The molecule has 0 aromatic carbocycles. The lowest BCUT2D eigenvalue weighted by molar-refractivity contribution is -0.192. The highest BCUT2D eigenvalue weighted by atomic mass is 127. The van der Waals surface area contributed by atoms with Gasteiger partial charge in [0.15, 0.2) is 0 Å². The van der Waals surface area contributed by atoms with Crippen LogP contribution in [0.15, 0.2) is 11.7 Å². The summed E-state index contributed by atoms with van der Waals surface area (Å²) in [5, 5.41) is 9.15. The molecule has 0 saturated heterocycles. The predicted octanol–water partition coefficient (Wildman–Crippen LogP) is 2.51. The third-order valence-electron chi connectivity index (χ3n) is 1.58. The molecule has 0 spiro atoms. The molecule has 0 atom stereocenters. The largest absolute Gasteiger partial charge is 0.490 e. The number of hydrogen-bond acceptors (Lipinski definition) is 5. The van der Waals surface area contributed by atoms with Gasteiger partial charge in [-0.15, -0.1) is 11.3 Å². The Labute approximate surface area is 116 Å². The molecule has 0 aliphatic carbocycles. The van der Waals surface area contributed by atoms with Crippen LogP contribution in [-0.2, 0) is 4.79 Å². The molecule has 0 bridgehead atoms. The number of thiophene rings is 1.